The highest BCUT2D eigenvalue weighted by Crippen LogP contribution is 2.28. The van der Waals surface area contributed by atoms with E-state index in [1.165, 1.54) is 0 Å². The number of likely N-dealkylation sites (tertiary alicyclic amines) is 1. The second kappa shape index (κ2) is 10.0. The average Bonchev–Trinajstić information content (AvgIpc) is 2.70. The van der Waals surface area contributed by atoms with E-state index in [1.54, 1.807) is 32.4 Å². The van der Waals surface area contributed by atoms with Gasteiger partial charge in [0.05, 0.1) is 14.2 Å². The summed E-state index contributed by atoms with van der Waals surface area (Å²) < 4.78 is 10.5. The van der Waals surface area contributed by atoms with E-state index in [0.717, 1.165) is 25.8 Å². The van der Waals surface area contributed by atoms with E-state index in [1.807, 2.05) is 4.90 Å². The third-order valence-corrected chi connectivity index (χ3v) is 4.86. The molecule has 144 valence electrons. The SMILES string of the molecule is CCCCCNC(=O)C1CCN(C(=O)c2ccc(OC)c(OC)c2)CC1. The average molecular weight is 362 g/mol. The maximum atomic E-state index is 12.7. The van der Waals surface area contributed by atoms with Crippen LogP contribution in [0.5, 0.6) is 11.5 Å². The standard InChI is InChI=1S/C20H30N2O4/c1-4-5-6-11-21-19(23)15-9-12-22(13-10-15)20(24)16-7-8-17(25-2)18(14-16)26-3/h7-8,14-15H,4-6,9-13H2,1-3H3,(H,21,23). The van der Waals surface area contributed by atoms with Crippen LogP contribution in [0, 0.1) is 5.92 Å². The molecule has 0 spiro atoms. The van der Waals surface area contributed by atoms with Crippen molar-refractivity contribution in [2.45, 2.75) is 39.0 Å². The summed E-state index contributed by atoms with van der Waals surface area (Å²) in [7, 11) is 3.12. The highest BCUT2D eigenvalue weighted by molar-refractivity contribution is 5.95. The van der Waals surface area contributed by atoms with Crippen molar-refractivity contribution in [2.75, 3.05) is 33.9 Å². The molecule has 6 heteroatoms. The number of nitrogens with one attached hydrogen (secondary N) is 1. The molecule has 1 aliphatic rings. The van der Waals surface area contributed by atoms with Gasteiger partial charge in [-0.25, -0.2) is 0 Å². The van der Waals surface area contributed by atoms with Crippen LogP contribution in [0.2, 0.25) is 0 Å². The second-order valence-electron chi connectivity index (χ2n) is 6.63. The summed E-state index contributed by atoms with van der Waals surface area (Å²) in [6, 6.07) is 5.19. The van der Waals surface area contributed by atoms with Crippen LogP contribution in [0.3, 0.4) is 0 Å². The first-order valence-electron chi connectivity index (χ1n) is 9.39. The molecule has 0 unspecified atom stereocenters. The van der Waals surface area contributed by atoms with E-state index in [9.17, 15) is 9.59 Å². The van der Waals surface area contributed by atoms with Gasteiger partial charge in [-0.3, -0.25) is 9.59 Å². The lowest BCUT2D eigenvalue weighted by atomic mass is 9.95. The van der Waals surface area contributed by atoms with Gasteiger partial charge in [0.25, 0.3) is 5.91 Å². The summed E-state index contributed by atoms with van der Waals surface area (Å²) in [5.74, 6) is 1.24. The molecule has 26 heavy (non-hydrogen) atoms. The molecule has 2 rings (SSSR count). The van der Waals surface area contributed by atoms with Gasteiger partial charge in [-0.05, 0) is 37.5 Å². The molecule has 1 aliphatic heterocycles. The first kappa shape index (κ1) is 20.1. The van der Waals surface area contributed by atoms with E-state index in [4.69, 9.17) is 9.47 Å². The lowest BCUT2D eigenvalue weighted by molar-refractivity contribution is -0.126. The molecular weight excluding hydrogens is 332 g/mol. The number of piperidine rings is 1. The van der Waals surface area contributed by atoms with E-state index >= 15 is 0 Å². The van der Waals surface area contributed by atoms with Gasteiger partial charge in [-0.1, -0.05) is 19.8 Å². The molecule has 0 saturated carbocycles. The van der Waals surface area contributed by atoms with Crippen LogP contribution in [0.15, 0.2) is 18.2 Å². The van der Waals surface area contributed by atoms with Crippen molar-refractivity contribution >= 4 is 11.8 Å². The predicted molar refractivity (Wildman–Crippen MR) is 101 cm³/mol. The molecule has 0 aliphatic carbocycles. The van der Waals surface area contributed by atoms with Crippen molar-refractivity contribution in [1.29, 1.82) is 0 Å². The maximum Gasteiger partial charge on any atom is 0.253 e. The number of amides is 2. The minimum Gasteiger partial charge on any atom is -0.493 e. The number of hydrogen-bond donors (Lipinski definition) is 1. The van der Waals surface area contributed by atoms with Gasteiger partial charge in [0, 0.05) is 31.1 Å². The Kier molecular flexibility index (Phi) is 7.75. The quantitative estimate of drug-likeness (QED) is 0.722. The predicted octanol–water partition coefficient (Wildman–Crippen LogP) is 2.86. The van der Waals surface area contributed by atoms with Crippen LogP contribution in [0.4, 0.5) is 0 Å². The van der Waals surface area contributed by atoms with Gasteiger partial charge in [0.2, 0.25) is 5.91 Å². The summed E-state index contributed by atoms with van der Waals surface area (Å²) >= 11 is 0. The molecule has 1 fully saturated rings. The number of carbonyl (C=O) groups is 2. The van der Waals surface area contributed by atoms with Crippen molar-refractivity contribution in [3.8, 4) is 11.5 Å². The minimum atomic E-state index is -0.0345. The normalized spacial score (nSPS) is 14.8. The Labute approximate surface area is 155 Å². The summed E-state index contributed by atoms with van der Waals surface area (Å²) in [6.07, 6.45) is 4.72. The van der Waals surface area contributed by atoms with Crippen LogP contribution in [0.1, 0.15) is 49.4 Å². The Morgan fingerprint density at radius 1 is 1.12 bits per heavy atom. The topological polar surface area (TPSA) is 67.9 Å². The van der Waals surface area contributed by atoms with Gasteiger partial charge in [0.1, 0.15) is 0 Å². The van der Waals surface area contributed by atoms with E-state index in [0.29, 0.717) is 43.0 Å². The Balaban J connectivity index is 1.87. The third kappa shape index (κ3) is 5.13. The summed E-state index contributed by atoms with van der Waals surface area (Å²) in [6.45, 7) is 4.09. The minimum absolute atomic E-state index is 0.00563. The monoisotopic (exact) mass is 362 g/mol. The highest BCUT2D eigenvalue weighted by Gasteiger charge is 2.28. The van der Waals surface area contributed by atoms with Gasteiger partial charge < -0.3 is 19.7 Å². The first-order valence-corrected chi connectivity index (χ1v) is 9.39. The Hall–Kier alpha value is -2.24. The zero-order valence-electron chi connectivity index (χ0n) is 16.0. The van der Waals surface area contributed by atoms with Gasteiger partial charge >= 0.3 is 0 Å². The molecule has 2 amide bonds. The molecule has 0 radical (unpaired) electrons. The molecular formula is C20H30N2O4. The molecule has 0 bridgehead atoms. The third-order valence-electron chi connectivity index (χ3n) is 4.86. The van der Waals surface area contributed by atoms with Crippen LogP contribution in [0.25, 0.3) is 0 Å². The highest BCUT2D eigenvalue weighted by atomic mass is 16.5. The summed E-state index contributed by atoms with van der Waals surface area (Å²) in [4.78, 5) is 26.7. The zero-order chi connectivity index (χ0) is 18.9. The number of nitrogens with zero attached hydrogens (tertiary/aromatic N) is 1. The number of ether oxygens (including phenoxy) is 2. The molecule has 1 N–H and O–H groups in total. The number of methoxy groups -OCH3 is 2. The Bertz CT molecular complexity index is 610. The van der Waals surface area contributed by atoms with Crippen molar-refractivity contribution < 1.29 is 19.1 Å². The fraction of sp³-hybridized carbons (Fsp3) is 0.600. The first-order chi connectivity index (χ1) is 12.6. The maximum absolute atomic E-state index is 12.7. The largest absolute Gasteiger partial charge is 0.493 e. The molecule has 6 nitrogen and oxygen atoms in total. The van der Waals surface area contributed by atoms with Crippen LogP contribution in [-0.4, -0.2) is 50.6 Å². The fourth-order valence-electron chi connectivity index (χ4n) is 3.23. The van der Waals surface area contributed by atoms with Gasteiger partial charge in [-0.2, -0.15) is 0 Å². The van der Waals surface area contributed by atoms with Crippen molar-refractivity contribution in [3.63, 3.8) is 0 Å². The van der Waals surface area contributed by atoms with Crippen LogP contribution in [-0.2, 0) is 4.79 Å². The van der Waals surface area contributed by atoms with Crippen molar-refractivity contribution in [1.82, 2.24) is 10.2 Å². The number of rotatable bonds is 8. The number of benzene rings is 1. The summed E-state index contributed by atoms with van der Waals surface area (Å²) in [5, 5.41) is 3.02. The number of hydrogen-bond acceptors (Lipinski definition) is 4. The number of unbranched alkanes of at least 4 members (excludes halogenated alkanes) is 2. The Morgan fingerprint density at radius 3 is 2.42 bits per heavy atom. The van der Waals surface area contributed by atoms with E-state index in [2.05, 4.69) is 12.2 Å². The smallest absolute Gasteiger partial charge is 0.253 e. The molecule has 0 atom stereocenters. The van der Waals surface area contributed by atoms with Crippen LogP contribution < -0.4 is 14.8 Å². The molecule has 1 aromatic carbocycles. The summed E-state index contributed by atoms with van der Waals surface area (Å²) in [5.41, 5.74) is 0.574. The molecule has 1 saturated heterocycles. The molecule has 1 aromatic rings. The lowest BCUT2D eigenvalue weighted by Crippen LogP contribution is -2.43. The van der Waals surface area contributed by atoms with Gasteiger partial charge in [-0.15, -0.1) is 0 Å². The lowest BCUT2D eigenvalue weighted by Gasteiger charge is -2.31. The Morgan fingerprint density at radius 2 is 1.81 bits per heavy atom. The zero-order valence-corrected chi connectivity index (χ0v) is 16.0. The second-order valence-corrected chi connectivity index (χ2v) is 6.63. The molecule has 1 heterocycles. The van der Waals surface area contributed by atoms with E-state index in [-0.39, 0.29) is 17.7 Å². The molecule has 0 aromatic heterocycles. The van der Waals surface area contributed by atoms with E-state index < -0.39 is 0 Å². The van der Waals surface area contributed by atoms with Crippen molar-refractivity contribution in [3.05, 3.63) is 23.8 Å². The van der Waals surface area contributed by atoms with Crippen molar-refractivity contribution in [2.24, 2.45) is 5.92 Å². The van der Waals surface area contributed by atoms with Crippen LogP contribution >= 0.6 is 0 Å². The van der Waals surface area contributed by atoms with Gasteiger partial charge in [0.15, 0.2) is 11.5 Å². The number of carbonyl (C=O) groups excluding carboxylic acids is 2. The fourth-order valence-corrected chi connectivity index (χ4v) is 3.23.